The van der Waals surface area contributed by atoms with Crippen molar-refractivity contribution in [3.05, 3.63) is 47.2 Å². The molecular weight excluding hydrogens is 158 g/mol. The van der Waals surface area contributed by atoms with Gasteiger partial charge in [0.2, 0.25) is 0 Å². The summed E-state index contributed by atoms with van der Waals surface area (Å²) in [5, 5.41) is 0. The summed E-state index contributed by atoms with van der Waals surface area (Å²) < 4.78 is 0. The maximum Gasteiger partial charge on any atom is 0.0163 e. The van der Waals surface area contributed by atoms with Crippen molar-refractivity contribution in [2.75, 3.05) is 0 Å². The molecule has 0 fully saturated rings. The summed E-state index contributed by atoms with van der Waals surface area (Å²) in [4.78, 5) is 0. The largest absolute Gasteiger partial charge is 0.402 e. The number of fused-ring (bicyclic) bond motifs is 1. The average Bonchev–Trinajstić information content (AvgIpc) is 2.01. The molecule has 0 radical (unpaired) electrons. The van der Waals surface area contributed by atoms with Gasteiger partial charge in [-0.05, 0) is 25.0 Å². The molecule has 0 aromatic rings. The zero-order valence-electron chi connectivity index (χ0n) is 8.17. The summed E-state index contributed by atoms with van der Waals surface area (Å²) in [5.74, 6) is 0. The first-order valence-corrected chi connectivity index (χ1v) is 4.64. The number of hydrogen-bond acceptors (Lipinski definition) is 1. The zero-order valence-corrected chi connectivity index (χ0v) is 8.17. The van der Waals surface area contributed by atoms with E-state index in [9.17, 15) is 0 Å². The molecule has 0 heterocycles. The molecule has 2 aliphatic rings. The van der Waals surface area contributed by atoms with Gasteiger partial charge in [0.15, 0.2) is 0 Å². The van der Waals surface area contributed by atoms with E-state index in [1.54, 1.807) is 0 Å². The minimum atomic E-state index is 0.137. The third-order valence-electron chi connectivity index (χ3n) is 2.78. The Kier molecular flexibility index (Phi) is 1.69. The van der Waals surface area contributed by atoms with Crippen LogP contribution in [0.25, 0.3) is 0 Å². The zero-order chi connectivity index (χ0) is 9.47. The molecule has 0 spiro atoms. The smallest absolute Gasteiger partial charge is 0.0163 e. The molecule has 0 aromatic carbocycles. The van der Waals surface area contributed by atoms with Gasteiger partial charge in [0.1, 0.15) is 0 Å². The van der Waals surface area contributed by atoms with Crippen LogP contribution in [0.4, 0.5) is 0 Å². The highest BCUT2D eigenvalue weighted by Crippen LogP contribution is 2.41. The van der Waals surface area contributed by atoms with Crippen LogP contribution in [-0.4, -0.2) is 0 Å². The Morgan fingerprint density at radius 1 is 1.31 bits per heavy atom. The Balaban J connectivity index is 2.46. The van der Waals surface area contributed by atoms with E-state index in [2.05, 4.69) is 38.2 Å². The predicted molar refractivity (Wildman–Crippen MR) is 56.0 cm³/mol. The molecule has 0 bridgehead atoms. The van der Waals surface area contributed by atoms with Crippen LogP contribution in [0.1, 0.15) is 20.3 Å². The highest BCUT2D eigenvalue weighted by Gasteiger charge is 2.29. The standard InChI is InChI=1S/C12H15N/c1-9-3-4-10-5-6-11(13)8-12(10,2)7-9/h3-7H,8,13H2,1-2H3. The lowest BCUT2D eigenvalue weighted by atomic mass is 9.72. The lowest BCUT2D eigenvalue weighted by Gasteiger charge is -2.33. The topological polar surface area (TPSA) is 26.0 Å². The van der Waals surface area contributed by atoms with Gasteiger partial charge in [-0.25, -0.2) is 0 Å². The Labute approximate surface area is 79.3 Å². The van der Waals surface area contributed by atoms with Crippen LogP contribution in [0.15, 0.2) is 47.2 Å². The molecule has 1 nitrogen and oxygen atoms in total. The van der Waals surface area contributed by atoms with Gasteiger partial charge in [0.05, 0.1) is 0 Å². The van der Waals surface area contributed by atoms with Crippen molar-refractivity contribution >= 4 is 0 Å². The lowest BCUT2D eigenvalue weighted by Crippen LogP contribution is -2.23. The minimum absolute atomic E-state index is 0.137. The molecule has 0 aromatic heterocycles. The fourth-order valence-electron chi connectivity index (χ4n) is 2.12. The Bertz CT molecular complexity index is 355. The summed E-state index contributed by atoms with van der Waals surface area (Å²) in [5.41, 5.74) is 9.65. The van der Waals surface area contributed by atoms with Crippen molar-refractivity contribution in [2.24, 2.45) is 11.1 Å². The quantitative estimate of drug-likeness (QED) is 0.599. The third-order valence-corrected chi connectivity index (χ3v) is 2.78. The first kappa shape index (κ1) is 8.36. The monoisotopic (exact) mass is 173 g/mol. The van der Waals surface area contributed by atoms with Crippen molar-refractivity contribution < 1.29 is 0 Å². The molecule has 2 aliphatic carbocycles. The van der Waals surface area contributed by atoms with Gasteiger partial charge in [-0.15, -0.1) is 0 Å². The summed E-state index contributed by atoms with van der Waals surface area (Å²) in [6, 6.07) is 0. The first-order chi connectivity index (χ1) is 6.10. The molecule has 1 atom stereocenters. The Hall–Kier alpha value is -1.24. The maximum absolute atomic E-state index is 5.84. The van der Waals surface area contributed by atoms with Gasteiger partial charge in [-0.3, -0.25) is 0 Å². The van der Waals surface area contributed by atoms with Crippen LogP contribution >= 0.6 is 0 Å². The minimum Gasteiger partial charge on any atom is -0.402 e. The Morgan fingerprint density at radius 2 is 2.08 bits per heavy atom. The summed E-state index contributed by atoms with van der Waals surface area (Å²) >= 11 is 0. The third kappa shape index (κ3) is 1.35. The molecular formula is C12H15N. The SMILES string of the molecule is CC1=CC2(C)CC(N)=CC=C2C=C1. The molecule has 2 rings (SSSR count). The molecule has 1 unspecified atom stereocenters. The molecule has 0 saturated heterocycles. The van der Waals surface area contributed by atoms with Crippen LogP contribution in [0.3, 0.4) is 0 Å². The number of hydrogen-bond donors (Lipinski definition) is 1. The number of nitrogens with two attached hydrogens (primary N) is 1. The van der Waals surface area contributed by atoms with Crippen molar-refractivity contribution in [1.29, 1.82) is 0 Å². The maximum atomic E-state index is 5.84. The molecule has 68 valence electrons. The van der Waals surface area contributed by atoms with E-state index in [0.717, 1.165) is 12.1 Å². The molecule has 0 aliphatic heterocycles. The van der Waals surface area contributed by atoms with Gasteiger partial charge < -0.3 is 5.73 Å². The summed E-state index contributed by atoms with van der Waals surface area (Å²) in [6.07, 6.45) is 11.7. The normalized spacial score (nSPS) is 31.7. The second-order valence-corrected chi connectivity index (χ2v) is 4.18. The van der Waals surface area contributed by atoms with E-state index in [1.807, 2.05) is 6.08 Å². The van der Waals surface area contributed by atoms with Crippen molar-refractivity contribution in [3.63, 3.8) is 0 Å². The highest BCUT2D eigenvalue weighted by molar-refractivity contribution is 5.46. The molecule has 0 saturated carbocycles. The van der Waals surface area contributed by atoms with Gasteiger partial charge in [-0.2, -0.15) is 0 Å². The fraction of sp³-hybridized carbons (Fsp3) is 0.333. The summed E-state index contributed by atoms with van der Waals surface area (Å²) in [7, 11) is 0. The van der Waals surface area contributed by atoms with Crippen LogP contribution in [0, 0.1) is 5.41 Å². The van der Waals surface area contributed by atoms with Crippen molar-refractivity contribution in [2.45, 2.75) is 20.3 Å². The molecule has 0 amide bonds. The van der Waals surface area contributed by atoms with Crippen LogP contribution < -0.4 is 5.73 Å². The van der Waals surface area contributed by atoms with E-state index in [1.165, 1.54) is 11.1 Å². The van der Waals surface area contributed by atoms with E-state index < -0.39 is 0 Å². The Morgan fingerprint density at radius 3 is 2.85 bits per heavy atom. The lowest BCUT2D eigenvalue weighted by molar-refractivity contribution is 0.504. The van der Waals surface area contributed by atoms with E-state index in [0.29, 0.717) is 0 Å². The number of allylic oxidation sites excluding steroid dienone is 8. The molecule has 1 heteroatoms. The second kappa shape index (κ2) is 2.63. The van der Waals surface area contributed by atoms with Gasteiger partial charge in [0.25, 0.3) is 0 Å². The van der Waals surface area contributed by atoms with E-state index in [4.69, 9.17) is 5.73 Å². The van der Waals surface area contributed by atoms with E-state index in [-0.39, 0.29) is 5.41 Å². The van der Waals surface area contributed by atoms with Gasteiger partial charge >= 0.3 is 0 Å². The van der Waals surface area contributed by atoms with Crippen molar-refractivity contribution in [3.8, 4) is 0 Å². The second-order valence-electron chi connectivity index (χ2n) is 4.18. The number of rotatable bonds is 0. The molecule has 13 heavy (non-hydrogen) atoms. The summed E-state index contributed by atoms with van der Waals surface area (Å²) in [6.45, 7) is 4.37. The van der Waals surface area contributed by atoms with Crippen LogP contribution in [-0.2, 0) is 0 Å². The van der Waals surface area contributed by atoms with Crippen LogP contribution in [0.5, 0.6) is 0 Å². The van der Waals surface area contributed by atoms with Gasteiger partial charge in [0, 0.05) is 11.1 Å². The van der Waals surface area contributed by atoms with Gasteiger partial charge in [-0.1, -0.05) is 36.8 Å². The van der Waals surface area contributed by atoms with Crippen LogP contribution in [0.2, 0.25) is 0 Å². The predicted octanol–water partition coefficient (Wildman–Crippen LogP) is 2.68. The highest BCUT2D eigenvalue weighted by atomic mass is 14.6. The first-order valence-electron chi connectivity index (χ1n) is 4.64. The fourth-order valence-corrected chi connectivity index (χ4v) is 2.12. The van der Waals surface area contributed by atoms with Crippen molar-refractivity contribution in [1.82, 2.24) is 0 Å². The molecule has 2 N–H and O–H groups in total. The average molecular weight is 173 g/mol. The van der Waals surface area contributed by atoms with E-state index >= 15 is 0 Å².